The van der Waals surface area contributed by atoms with Crippen molar-refractivity contribution in [1.82, 2.24) is 4.98 Å². The molecule has 0 radical (unpaired) electrons. The van der Waals surface area contributed by atoms with E-state index in [-0.39, 0.29) is 6.61 Å². The number of thiazole rings is 1. The summed E-state index contributed by atoms with van der Waals surface area (Å²) in [7, 11) is 0. The molecule has 0 unspecified atom stereocenters. The number of aromatic nitrogens is 1. The SMILES string of the molecule is C[C@@](N)(CO)c1nccs1. The second-order valence-corrected chi connectivity index (χ2v) is 3.31. The van der Waals surface area contributed by atoms with Crippen LogP contribution in [0.4, 0.5) is 0 Å². The molecule has 0 fully saturated rings. The number of aliphatic hydroxyl groups is 1. The molecule has 1 aromatic rings. The van der Waals surface area contributed by atoms with Crippen LogP contribution in [0.15, 0.2) is 11.6 Å². The third-order valence-corrected chi connectivity index (χ3v) is 2.30. The van der Waals surface area contributed by atoms with Crippen LogP contribution in [0.5, 0.6) is 0 Å². The summed E-state index contributed by atoms with van der Waals surface area (Å²) >= 11 is 1.46. The average molecular weight is 158 g/mol. The first-order valence-electron chi connectivity index (χ1n) is 2.96. The van der Waals surface area contributed by atoms with Crippen LogP contribution >= 0.6 is 11.3 Å². The predicted octanol–water partition coefficient (Wildman–Crippen LogP) is 0.309. The van der Waals surface area contributed by atoms with Crippen molar-refractivity contribution in [2.45, 2.75) is 12.5 Å². The molecular weight excluding hydrogens is 148 g/mol. The third-order valence-electron chi connectivity index (χ3n) is 1.25. The molecular formula is C6H10N2OS. The number of aliphatic hydroxyl groups excluding tert-OH is 1. The van der Waals surface area contributed by atoms with E-state index >= 15 is 0 Å². The lowest BCUT2D eigenvalue weighted by Gasteiger charge is -2.17. The molecule has 0 amide bonds. The van der Waals surface area contributed by atoms with E-state index in [9.17, 15) is 0 Å². The third kappa shape index (κ3) is 1.34. The van der Waals surface area contributed by atoms with E-state index in [2.05, 4.69) is 4.98 Å². The van der Waals surface area contributed by atoms with Crippen LogP contribution in [-0.4, -0.2) is 16.7 Å². The van der Waals surface area contributed by atoms with Crippen LogP contribution in [0.3, 0.4) is 0 Å². The summed E-state index contributed by atoms with van der Waals surface area (Å²) in [5.41, 5.74) is 5.01. The van der Waals surface area contributed by atoms with Crippen LogP contribution < -0.4 is 5.73 Å². The molecule has 0 spiro atoms. The molecule has 1 rings (SSSR count). The van der Waals surface area contributed by atoms with Crippen LogP contribution in [0.25, 0.3) is 0 Å². The Morgan fingerprint density at radius 2 is 2.60 bits per heavy atom. The minimum atomic E-state index is -0.672. The highest BCUT2D eigenvalue weighted by atomic mass is 32.1. The van der Waals surface area contributed by atoms with E-state index in [0.717, 1.165) is 5.01 Å². The fourth-order valence-corrected chi connectivity index (χ4v) is 1.28. The Labute approximate surface area is 63.5 Å². The molecule has 10 heavy (non-hydrogen) atoms. The second kappa shape index (κ2) is 2.65. The fraction of sp³-hybridized carbons (Fsp3) is 0.500. The predicted molar refractivity (Wildman–Crippen MR) is 40.7 cm³/mol. The smallest absolute Gasteiger partial charge is 0.114 e. The number of nitrogens with zero attached hydrogens (tertiary/aromatic N) is 1. The molecule has 0 aliphatic carbocycles. The summed E-state index contributed by atoms with van der Waals surface area (Å²) in [6, 6.07) is 0. The topological polar surface area (TPSA) is 59.1 Å². The van der Waals surface area contributed by atoms with Gasteiger partial charge in [0.1, 0.15) is 5.01 Å². The Morgan fingerprint density at radius 1 is 1.90 bits per heavy atom. The molecule has 0 aliphatic rings. The molecule has 0 aliphatic heterocycles. The molecule has 0 saturated heterocycles. The second-order valence-electron chi connectivity index (χ2n) is 2.41. The van der Waals surface area contributed by atoms with Crippen molar-refractivity contribution in [3.8, 4) is 0 Å². The first kappa shape index (κ1) is 7.65. The molecule has 0 aromatic carbocycles. The van der Waals surface area contributed by atoms with Gasteiger partial charge in [-0.2, -0.15) is 0 Å². The van der Waals surface area contributed by atoms with Gasteiger partial charge in [0.2, 0.25) is 0 Å². The van der Waals surface area contributed by atoms with Crippen LogP contribution in [0.1, 0.15) is 11.9 Å². The Kier molecular flexibility index (Phi) is 2.03. The minimum absolute atomic E-state index is 0.0689. The maximum absolute atomic E-state index is 8.81. The quantitative estimate of drug-likeness (QED) is 0.651. The standard InChI is InChI=1S/C6H10N2OS/c1-6(7,4-9)5-8-2-3-10-5/h2-3,9H,4,7H2,1H3/t6-/m1/s1. The molecule has 0 saturated carbocycles. The van der Waals surface area contributed by atoms with Gasteiger partial charge < -0.3 is 10.8 Å². The lowest BCUT2D eigenvalue weighted by Crippen LogP contribution is -2.36. The van der Waals surface area contributed by atoms with Gasteiger partial charge in [0.15, 0.2) is 0 Å². The monoisotopic (exact) mass is 158 g/mol. The minimum Gasteiger partial charge on any atom is -0.394 e. The Bertz CT molecular complexity index is 196. The zero-order valence-electron chi connectivity index (χ0n) is 5.74. The van der Waals surface area contributed by atoms with E-state index in [4.69, 9.17) is 10.8 Å². The van der Waals surface area contributed by atoms with Gasteiger partial charge in [-0.15, -0.1) is 11.3 Å². The summed E-state index contributed by atoms with van der Waals surface area (Å²) in [5, 5.41) is 11.4. The highest BCUT2D eigenvalue weighted by molar-refractivity contribution is 7.09. The lowest BCUT2D eigenvalue weighted by atomic mass is 10.1. The van der Waals surface area contributed by atoms with Gasteiger partial charge in [-0.1, -0.05) is 0 Å². The fourth-order valence-electron chi connectivity index (χ4n) is 0.573. The highest BCUT2D eigenvalue weighted by Crippen LogP contribution is 2.18. The summed E-state index contributed by atoms with van der Waals surface area (Å²) in [4.78, 5) is 3.99. The summed E-state index contributed by atoms with van der Waals surface area (Å²) < 4.78 is 0. The van der Waals surface area contributed by atoms with E-state index in [1.54, 1.807) is 13.1 Å². The maximum atomic E-state index is 8.81. The van der Waals surface area contributed by atoms with Gasteiger partial charge in [-0.3, -0.25) is 0 Å². The van der Waals surface area contributed by atoms with E-state index in [0.29, 0.717) is 0 Å². The first-order chi connectivity index (χ1) is 4.67. The van der Waals surface area contributed by atoms with Crippen molar-refractivity contribution in [3.63, 3.8) is 0 Å². The summed E-state index contributed by atoms with van der Waals surface area (Å²) in [6.07, 6.45) is 1.68. The molecule has 3 N–H and O–H groups in total. The molecule has 56 valence electrons. The molecule has 0 bridgehead atoms. The summed E-state index contributed by atoms with van der Waals surface area (Å²) in [5.74, 6) is 0. The van der Waals surface area contributed by atoms with E-state index in [1.807, 2.05) is 5.38 Å². The molecule has 1 aromatic heterocycles. The number of rotatable bonds is 2. The van der Waals surface area contributed by atoms with Gasteiger partial charge in [-0.05, 0) is 6.92 Å². The van der Waals surface area contributed by atoms with E-state index in [1.165, 1.54) is 11.3 Å². The van der Waals surface area contributed by atoms with Crippen molar-refractivity contribution in [2.24, 2.45) is 5.73 Å². The highest BCUT2D eigenvalue weighted by Gasteiger charge is 2.22. The van der Waals surface area contributed by atoms with Gasteiger partial charge >= 0.3 is 0 Å². The van der Waals surface area contributed by atoms with Gasteiger partial charge in [-0.25, -0.2) is 4.98 Å². The summed E-state index contributed by atoms with van der Waals surface area (Å²) in [6.45, 7) is 1.69. The normalized spacial score (nSPS) is 16.7. The van der Waals surface area contributed by atoms with Crippen LogP contribution in [0, 0.1) is 0 Å². The van der Waals surface area contributed by atoms with Crippen LogP contribution in [-0.2, 0) is 5.54 Å². The molecule has 4 heteroatoms. The lowest BCUT2D eigenvalue weighted by molar-refractivity contribution is 0.209. The van der Waals surface area contributed by atoms with Crippen molar-refractivity contribution in [1.29, 1.82) is 0 Å². The zero-order chi connectivity index (χ0) is 7.61. The Hall–Kier alpha value is -0.450. The van der Waals surface area contributed by atoms with Crippen molar-refractivity contribution in [2.75, 3.05) is 6.61 Å². The zero-order valence-corrected chi connectivity index (χ0v) is 6.56. The van der Waals surface area contributed by atoms with E-state index < -0.39 is 5.54 Å². The molecule has 1 heterocycles. The average Bonchev–Trinajstić information content (AvgIpc) is 2.38. The van der Waals surface area contributed by atoms with Crippen molar-refractivity contribution in [3.05, 3.63) is 16.6 Å². The number of nitrogens with two attached hydrogens (primary N) is 1. The number of hydrogen-bond donors (Lipinski definition) is 2. The Balaban J connectivity index is 2.85. The largest absolute Gasteiger partial charge is 0.394 e. The van der Waals surface area contributed by atoms with Crippen molar-refractivity contribution >= 4 is 11.3 Å². The molecule has 3 nitrogen and oxygen atoms in total. The number of hydrogen-bond acceptors (Lipinski definition) is 4. The maximum Gasteiger partial charge on any atom is 0.114 e. The van der Waals surface area contributed by atoms with Crippen LogP contribution in [0.2, 0.25) is 0 Å². The van der Waals surface area contributed by atoms with Gasteiger partial charge in [0, 0.05) is 11.6 Å². The van der Waals surface area contributed by atoms with Gasteiger partial charge in [0.05, 0.1) is 12.1 Å². The van der Waals surface area contributed by atoms with Gasteiger partial charge in [0.25, 0.3) is 0 Å². The van der Waals surface area contributed by atoms with Crippen molar-refractivity contribution < 1.29 is 5.11 Å². The first-order valence-corrected chi connectivity index (χ1v) is 3.84. The Morgan fingerprint density at radius 3 is 3.00 bits per heavy atom. The molecule has 1 atom stereocenters.